The minimum atomic E-state index is -0.263. The lowest BCUT2D eigenvalue weighted by atomic mass is 10.1. The SMILES string of the molecule is COc1ccc(-c2nc3ccc(Br)cc3c(=O)n2N=Cc2ccccc2C)cc1OC. The highest BCUT2D eigenvalue weighted by atomic mass is 79.9. The van der Waals surface area contributed by atoms with Gasteiger partial charge in [0.2, 0.25) is 0 Å². The minimum Gasteiger partial charge on any atom is -0.493 e. The van der Waals surface area contributed by atoms with Gasteiger partial charge in [-0.3, -0.25) is 4.79 Å². The average Bonchev–Trinajstić information content (AvgIpc) is 2.79. The summed E-state index contributed by atoms with van der Waals surface area (Å²) < 4.78 is 12.9. The normalized spacial score (nSPS) is 11.2. The standard InChI is InChI=1S/C24H20BrN3O3/c1-15-6-4-5-7-17(15)14-26-28-23(16-8-11-21(30-2)22(12-16)31-3)27-20-10-9-18(25)13-19(20)24(28)29/h4-14H,1-3H3. The predicted octanol–water partition coefficient (Wildman–Crippen LogP) is 5.03. The van der Waals surface area contributed by atoms with E-state index in [1.165, 1.54) is 4.68 Å². The Morgan fingerprint density at radius 3 is 2.52 bits per heavy atom. The number of aryl methyl sites for hydroxylation is 1. The van der Waals surface area contributed by atoms with Crippen LogP contribution < -0.4 is 15.0 Å². The Balaban J connectivity index is 1.97. The highest BCUT2D eigenvalue weighted by Gasteiger charge is 2.15. The van der Waals surface area contributed by atoms with Crippen LogP contribution in [-0.2, 0) is 0 Å². The van der Waals surface area contributed by atoms with Crippen LogP contribution in [0.4, 0.5) is 0 Å². The third-order valence-electron chi connectivity index (χ3n) is 4.95. The van der Waals surface area contributed by atoms with Gasteiger partial charge in [-0.2, -0.15) is 9.78 Å². The number of ether oxygens (including phenoxy) is 2. The van der Waals surface area contributed by atoms with Crippen molar-refractivity contribution in [2.45, 2.75) is 6.92 Å². The van der Waals surface area contributed by atoms with E-state index in [9.17, 15) is 4.79 Å². The molecule has 0 saturated carbocycles. The summed E-state index contributed by atoms with van der Waals surface area (Å²) in [4.78, 5) is 18.1. The van der Waals surface area contributed by atoms with Crippen LogP contribution in [-0.4, -0.2) is 30.1 Å². The van der Waals surface area contributed by atoms with Crippen molar-refractivity contribution >= 4 is 33.0 Å². The van der Waals surface area contributed by atoms with Crippen LogP contribution in [0, 0.1) is 6.92 Å². The van der Waals surface area contributed by atoms with Crippen molar-refractivity contribution in [3.63, 3.8) is 0 Å². The van der Waals surface area contributed by atoms with Crippen molar-refractivity contribution in [3.05, 3.63) is 86.6 Å². The molecule has 4 rings (SSSR count). The van der Waals surface area contributed by atoms with Crippen molar-refractivity contribution in [2.75, 3.05) is 14.2 Å². The van der Waals surface area contributed by atoms with Gasteiger partial charge in [-0.05, 0) is 54.4 Å². The number of methoxy groups -OCH3 is 2. The highest BCUT2D eigenvalue weighted by Crippen LogP contribution is 2.32. The van der Waals surface area contributed by atoms with Crippen LogP contribution in [0.2, 0.25) is 0 Å². The lowest BCUT2D eigenvalue weighted by molar-refractivity contribution is 0.355. The molecule has 156 valence electrons. The first-order valence-electron chi connectivity index (χ1n) is 9.56. The molecule has 6 nitrogen and oxygen atoms in total. The number of halogens is 1. The second-order valence-corrected chi connectivity index (χ2v) is 7.80. The summed E-state index contributed by atoms with van der Waals surface area (Å²) in [6.07, 6.45) is 1.67. The van der Waals surface area contributed by atoms with E-state index in [-0.39, 0.29) is 5.56 Å². The Kier molecular flexibility index (Phi) is 5.86. The summed E-state index contributed by atoms with van der Waals surface area (Å²) in [6, 6.07) is 18.6. The molecule has 1 heterocycles. The zero-order chi connectivity index (χ0) is 22.0. The highest BCUT2D eigenvalue weighted by molar-refractivity contribution is 9.10. The summed E-state index contributed by atoms with van der Waals surface area (Å²) in [6.45, 7) is 2.00. The summed E-state index contributed by atoms with van der Waals surface area (Å²) >= 11 is 3.43. The first-order valence-corrected chi connectivity index (χ1v) is 10.4. The maximum atomic E-state index is 13.4. The number of rotatable bonds is 5. The van der Waals surface area contributed by atoms with Crippen LogP contribution in [0.15, 0.2) is 75.0 Å². The second kappa shape index (κ2) is 8.73. The first kappa shape index (κ1) is 20.8. The van der Waals surface area contributed by atoms with Crippen LogP contribution in [0.1, 0.15) is 11.1 Å². The fourth-order valence-corrected chi connectivity index (χ4v) is 3.63. The van der Waals surface area contributed by atoms with Crippen molar-refractivity contribution < 1.29 is 9.47 Å². The molecule has 0 saturated heterocycles. The molecule has 0 spiro atoms. The monoisotopic (exact) mass is 477 g/mol. The molecule has 0 fully saturated rings. The van der Waals surface area contributed by atoms with Crippen molar-refractivity contribution in [1.29, 1.82) is 0 Å². The topological polar surface area (TPSA) is 65.7 Å². The molecule has 3 aromatic carbocycles. The van der Waals surface area contributed by atoms with E-state index in [1.807, 2.05) is 43.3 Å². The number of hydrogen-bond acceptors (Lipinski definition) is 5. The molecular weight excluding hydrogens is 458 g/mol. The molecule has 0 amide bonds. The van der Waals surface area contributed by atoms with Crippen LogP contribution in [0.5, 0.6) is 11.5 Å². The van der Waals surface area contributed by atoms with Gasteiger partial charge in [0, 0.05) is 10.0 Å². The van der Waals surface area contributed by atoms with E-state index >= 15 is 0 Å². The lowest BCUT2D eigenvalue weighted by Gasteiger charge is -2.12. The molecule has 0 atom stereocenters. The predicted molar refractivity (Wildman–Crippen MR) is 126 cm³/mol. The zero-order valence-corrected chi connectivity index (χ0v) is 18.9. The average molecular weight is 478 g/mol. The number of aromatic nitrogens is 2. The molecule has 0 N–H and O–H groups in total. The number of benzene rings is 3. The second-order valence-electron chi connectivity index (χ2n) is 6.88. The fourth-order valence-electron chi connectivity index (χ4n) is 3.27. The maximum absolute atomic E-state index is 13.4. The van der Waals surface area contributed by atoms with Gasteiger partial charge >= 0.3 is 0 Å². The van der Waals surface area contributed by atoms with E-state index < -0.39 is 0 Å². The molecule has 0 bridgehead atoms. The Morgan fingerprint density at radius 1 is 1.00 bits per heavy atom. The largest absolute Gasteiger partial charge is 0.493 e. The molecule has 0 unspecified atom stereocenters. The van der Waals surface area contributed by atoms with Crippen LogP contribution >= 0.6 is 15.9 Å². The third kappa shape index (κ3) is 4.09. The Morgan fingerprint density at radius 2 is 1.77 bits per heavy atom. The van der Waals surface area contributed by atoms with Crippen LogP contribution in [0.3, 0.4) is 0 Å². The minimum absolute atomic E-state index is 0.263. The molecule has 0 aliphatic heterocycles. The van der Waals surface area contributed by atoms with Gasteiger partial charge in [0.1, 0.15) is 0 Å². The van der Waals surface area contributed by atoms with Crippen molar-refractivity contribution in [1.82, 2.24) is 9.66 Å². The summed E-state index contributed by atoms with van der Waals surface area (Å²) in [7, 11) is 3.14. The molecule has 4 aromatic rings. The van der Waals surface area contributed by atoms with E-state index in [2.05, 4.69) is 21.0 Å². The van der Waals surface area contributed by atoms with E-state index in [0.717, 1.165) is 15.6 Å². The summed E-state index contributed by atoms with van der Waals surface area (Å²) in [5, 5.41) is 4.99. The van der Waals surface area contributed by atoms with Gasteiger partial charge in [-0.15, -0.1) is 0 Å². The third-order valence-corrected chi connectivity index (χ3v) is 5.44. The van der Waals surface area contributed by atoms with E-state index in [0.29, 0.717) is 33.8 Å². The lowest BCUT2D eigenvalue weighted by Crippen LogP contribution is -2.20. The maximum Gasteiger partial charge on any atom is 0.282 e. The molecular formula is C24H20BrN3O3. The van der Waals surface area contributed by atoms with Gasteiger partial charge in [0.25, 0.3) is 5.56 Å². The van der Waals surface area contributed by atoms with Crippen molar-refractivity contribution in [3.8, 4) is 22.9 Å². The molecule has 31 heavy (non-hydrogen) atoms. The molecule has 7 heteroatoms. The molecule has 0 aliphatic rings. The molecule has 0 radical (unpaired) electrons. The van der Waals surface area contributed by atoms with E-state index in [4.69, 9.17) is 14.5 Å². The fraction of sp³-hybridized carbons (Fsp3) is 0.125. The quantitative estimate of drug-likeness (QED) is 0.378. The zero-order valence-electron chi connectivity index (χ0n) is 17.3. The number of fused-ring (bicyclic) bond motifs is 1. The van der Waals surface area contributed by atoms with Gasteiger partial charge in [0.15, 0.2) is 17.3 Å². The molecule has 0 aliphatic carbocycles. The number of hydrogen-bond donors (Lipinski definition) is 0. The summed E-state index contributed by atoms with van der Waals surface area (Å²) in [5.74, 6) is 1.54. The van der Waals surface area contributed by atoms with Gasteiger partial charge in [-0.1, -0.05) is 40.2 Å². The smallest absolute Gasteiger partial charge is 0.282 e. The van der Waals surface area contributed by atoms with E-state index in [1.54, 1.807) is 44.7 Å². The van der Waals surface area contributed by atoms with Gasteiger partial charge < -0.3 is 9.47 Å². The molecule has 1 aromatic heterocycles. The van der Waals surface area contributed by atoms with Gasteiger partial charge in [-0.25, -0.2) is 4.98 Å². The number of nitrogens with zero attached hydrogens (tertiary/aromatic N) is 3. The first-order chi connectivity index (χ1) is 15.0. The summed E-state index contributed by atoms with van der Waals surface area (Å²) in [5.41, 5.74) is 2.98. The Labute approximate surface area is 187 Å². The Hall–Kier alpha value is -3.45. The Bertz CT molecular complexity index is 1360. The van der Waals surface area contributed by atoms with Gasteiger partial charge in [0.05, 0.1) is 31.3 Å². The van der Waals surface area contributed by atoms with Crippen molar-refractivity contribution in [2.24, 2.45) is 5.10 Å². The van der Waals surface area contributed by atoms with Crippen LogP contribution in [0.25, 0.3) is 22.3 Å².